The third kappa shape index (κ3) is 3.85. The van der Waals surface area contributed by atoms with Crippen molar-refractivity contribution < 1.29 is 4.42 Å². The van der Waals surface area contributed by atoms with Crippen LogP contribution in [0.25, 0.3) is 123 Å². The van der Waals surface area contributed by atoms with Crippen LogP contribution in [0.4, 0.5) is 0 Å². The number of rotatable bonds is 2. The van der Waals surface area contributed by atoms with E-state index in [4.69, 9.17) is 14.4 Å². The van der Waals surface area contributed by atoms with Gasteiger partial charge in [0.15, 0.2) is 0 Å². The lowest BCUT2D eigenvalue weighted by molar-refractivity contribution is 0.672. The fraction of sp³-hybridized carbons (Fsp3) is 0. The number of fused-ring (bicyclic) bond motifs is 16. The third-order valence-corrected chi connectivity index (χ3v) is 13.5. The van der Waals surface area contributed by atoms with Crippen molar-refractivity contribution in [1.29, 1.82) is 0 Å². The number of para-hydroxylation sites is 2. The minimum absolute atomic E-state index is 0.655. The standard InChI is InChI=1S/C48H25N3OS2/c1-2-10-29-26(9-1)18-22-42-43(29)45-47(54-42)44(28-19-21-41-36(24-28)32-13-5-8-16-40(32)53-41)49-48(50-45)51-37-14-6-3-11-30(37)35-23-27-17-20-33-31-12-4-7-15-39(31)52-46(33)34(27)25-38(35)51/h1-25H. The Labute approximate surface area is 314 Å². The molecule has 0 radical (unpaired) electrons. The van der Waals surface area contributed by atoms with Crippen LogP contribution in [0, 0.1) is 0 Å². The van der Waals surface area contributed by atoms with E-state index < -0.39 is 0 Å². The maximum Gasteiger partial charge on any atom is 0.235 e. The first-order valence-electron chi connectivity index (χ1n) is 18.1. The summed E-state index contributed by atoms with van der Waals surface area (Å²) in [6, 6.07) is 54.6. The maximum atomic E-state index is 6.57. The summed E-state index contributed by atoms with van der Waals surface area (Å²) in [4.78, 5) is 11.1. The van der Waals surface area contributed by atoms with Gasteiger partial charge in [-0.1, -0.05) is 97.1 Å². The lowest BCUT2D eigenvalue weighted by Crippen LogP contribution is -2.02. The highest BCUT2D eigenvalue weighted by atomic mass is 32.1. The van der Waals surface area contributed by atoms with Gasteiger partial charge < -0.3 is 4.42 Å². The van der Waals surface area contributed by atoms with Gasteiger partial charge in [0.1, 0.15) is 11.2 Å². The van der Waals surface area contributed by atoms with Crippen LogP contribution >= 0.6 is 22.7 Å². The van der Waals surface area contributed by atoms with Crippen molar-refractivity contribution in [3.63, 3.8) is 0 Å². The second kappa shape index (κ2) is 10.5. The van der Waals surface area contributed by atoms with Gasteiger partial charge >= 0.3 is 0 Å². The van der Waals surface area contributed by atoms with Crippen LogP contribution in [0.1, 0.15) is 0 Å². The lowest BCUT2D eigenvalue weighted by atomic mass is 10.0. The molecule has 0 aliphatic carbocycles. The zero-order valence-electron chi connectivity index (χ0n) is 28.5. The summed E-state index contributed by atoms with van der Waals surface area (Å²) in [7, 11) is 0. The molecule has 0 atom stereocenters. The van der Waals surface area contributed by atoms with Gasteiger partial charge in [-0.3, -0.25) is 4.57 Å². The zero-order valence-corrected chi connectivity index (χ0v) is 30.1. The second-order valence-electron chi connectivity index (χ2n) is 14.1. The normalized spacial score (nSPS) is 12.4. The van der Waals surface area contributed by atoms with Gasteiger partial charge in [0.25, 0.3) is 0 Å². The van der Waals surface area contributed by atoms with Crippen LogP contribution in [0.15, 0.2) is 156 Å². The van der Waals surface area contributed by atoms with E-state index in [9.17, 15) is 0 Å². The summed E-state index contributed by atoms with van der Waals surface area (Å²) in [5, 5.41) is 12.9. The first kappa shape index (κ1) is 28.9. The fourth-order valence-electron chi connectivity index (χ4n) is 8.75. The summed E-state index contributed by atoms with van der Waals surface area (Å²) in [5.74, 6) is 0.655. The molecule has 0 aliphatic rings. The van der Waals surface area contributed by atoms with E-state index in [-0.39, 0.29) is 0 Å². The molecular weight excluding hydrogens is 699 g/mol. The Hall–Kier alpha value is -6.60. The first-order chi connectivity index (χ1) is 26.7. The van der Waals surface area contributed by atoms with Gasteiger partial charge in [0.05, 0.1) is 26.9 Å². The predicted molar refractivity (Wildman–Crippen MR) is 230 cm³/mol. The Balaban J connectivity index is 1.18. The van der Waals surface area contributed by atoms with Crippen molar-refractivity contribution in [2.75, 3.05) is 0 Å². The van der Waals surface area contributed by atoms with Crippen LogP contribution in [-0.4, -0.2) is 14.5 Å². The maximum absolute atomic E-state index is 6.57. The molecule has 0 fully saturated rings. The number of nitrogens with zero attached hydrogens (tertiary/aromatic N) is 3. The van der Waals surface area contributed by atoms with E-state index in [1.165, 1.54) is 41.0 Å². The molecule has 8 aromatic carbocycles. The number of thiophene rings is 2. The SMILES string of the molecule is c1ccc2c(c1)ccc1sc3c(-c4ccc5sc6ccccc6c5c4)nc(-n4c5ccccc5c5cc6ccc7c8ccccc8oc7c6cc54)nc3c12. The topological polar surface area (TPSA) is 43.9 Å². The van der Waals surface area contributed by atoms with E-state index >= 15 is 0 Å². The molecule has 5 heterocycles. The Kier molecular flexibility index (Phi) is 5.63. The Morgan fingerprint density at radius 2 is 1.22 bits per heavy atom. The summed E-state index contributed by atoms with van der Waals surface area (Å²) in [5.41, 5.74) is 6.92. The average Bonchev–Trinajstić information content (AvgIpc) is 3.98. The smallest absolute Gasteiger partial charge is 0.235 e. The monoisotopic (exact) mass is 723 g/mol. The van der Waals surface area contributed by atoms with E-state index in [1.807, 2.05) is 23.5 Å². The molecule has 0 amide bonds. The van der Waals surface area contributed by atoms with Crippen molar-refractivity contribution in [2.45, 2.75) is 0 Å². The molecule has 13 aromatic rings. The first-order valence-corrected chi connectivity index (χ1v) is 19.7. The van der Waals surface area contributed by atoms with Gasteiger partial charge in [0.2, 0.25) is 5.95 Å². The van der Waals surface area contributed by atoms with Crippen molar-refractivity contribution in [1.82, 2.24) is 14.5 Å². The molecule has 13 rings (SSSR count). The van der Waals surface area contributed by atoms with E-state index in [1.54, 1.807) is 11.3 Å². The van der Waals surface area contributed by atoms with E-state index in [0.717, 1.165) is 76.0 Å². The summed E-state index contributed by atoms with van der Waals surface area (Å²) in [6.07, 6.45) is 0. The second-order valence-corrected chi connectivity index (χ2v) is 16.2. The molecule has 0 bridgehead atoms. The minimum Gasteiger partial charge on any atom is -0.455 e. The molecule has 0 saturated carbocycles. The number of hydrogen-bond acceptors (Lipinski definition) is 5. The van der Waals surface area contributed by atoms with E-state index in [2.05, 4.69) is 144 Å². The molecule has 5 aromatic heterocycles. The van der Waals surface area contributed by atoms with Crippen LogP contribution in [-0.2, 0) is 0 Å². The van der Waals surface area contributed by atoms with Crippen molar-refractivity contribution in [3.8, 4) is 17.2 Å². The highest BCUT2D eigenvalue weighted by Crippen LogP contribution is 2.45. The van der Waals surface area contributed by atoms with Crippen molar-refractivity contribution >= 4 is 128 Å². The van der Waals surface area contributed by atoms with Crippen molar-refractivity contribution in [3.05, 3.63) is 152 Å². The molecule has 0 unspecified atom stereocenters. The van der Waals surface area contributed by atoms with Crippen molar-refractivity contribution in [2.24, 2.45) is 0 Å². The molecule has 4 nitrogen and oxygen atoms in total. The Morgan fingerprint density at radius 3 is 2.17 bits per heavy atom. The minimum atomic E-state index is 0.655. The summed E-state index contributed by atoms with van der Waals surface area (Å²) in [6.45, 7) is 0. The molecule has 0 saturated heterocycles. The molecule has 0 N–H and O–H groups in total. The highest BCUT2D eigenvalue weighted by Gasteiger charge is 2.22. The Bertz CT molecular complexity index is 3750. The summed E-state index contributed by atoms with van der Waals surface area (Å²) < 4.78 is 13.7. The van der Waals surface area contributed by atoms with Gasteiger partial charge in [-0.05, 0) is 70.8 Å². The largest absolute Gasteiger partial charge is 0.455 e. The van der Waals surface area contributed by atoms with Gasteiger partial charge in [0, 0.05) is 62.8 Å². The van der Waals surface area contributed by atoms with Crippen LogP contribution in [0.2, 0.25) is 0 Å². The number of benzene rings is 8. The van der Waals surface area contributed by atoms with E-state index in [0.29, 0.717) is 5.95 Å². The van der Waals surface area contributed by atoms with Crippen LogP contribution in [0.5, 0.6) is 0 Å². The highest BCUT2D eigenvalue weighted by molar-refractivity contribution is 7.26. The van der Waals surface area contributed by atoms with Gasteiger partial charge in [-0.15, -0.1) is 22.7 Å². The average molecular weight is 724 g/mol. The molecule has 0 spiro atoms. The lowest BCUT2D eigenvalue weighted by Gasteiger charge is -2.11. The summed E-state index contributed by atoms with van der Waals surface area (Å²) >= 11 is 3.62. The third-order valence-electron chi connectivity index (χ3n) is 11.2. The molecule has 0 aliphatic heterocycles. The molecule has 6 heteroatoms. The Morgan fingerprint density at radius 1 is 0.463 bits per heavy atom. The number of aromatic nitrogens is 3. The number of furan rings is 1. The number of hydrogen-bond donors (Lipinski definition) is 0. The molecule has 54 heavy (non-hydrogen) atoms. The molecule has 250 valence electrons. The van der Waals surface area contributed by atoms with Gasteiger partial charge in [-0.2, -0.15) is 0 Å². The zero-order chi connectivity index (χ0) is 35.1. The molecular formula is C48H25N3OS2. The van der Waals surface area contributed by atoms with Crippen LogP contribution in [0.3, 0.4) is 0 Å². The fourth-order valence-corrected chi connectivity index (χ4v) is 11.0. The quantitative estimate of drug-likeness (QED) is 0.178. The van der Waals surface area contributed by atoms with Gasteiger partial charge in [-0.25, -0.2) is 9.97 Å². The van der Waals surface area contributed by atoms with Crippen LogP contribution < -0.4 is 0 Å². The predicted octanol–water partition coefficient (Wildman–Crippen LogP) is 14.2.